The zero-order valence-corrected chi connectivity index (χ0v) is 10.3. The molecule has 102 valence electrons. The molecule has 1 aliphatic rings. The fraction of sp³-hybridized carbons (Fsp3) is 0.385. The van der Waals surface area contributed by atoms with Gasteiger partial charge in [0, 0.05) is 31.7 Å². The van der Waals surface area contributed by atoms with E-state index in [9.17, 15) is 9.59 Å². The first-order valence-corrected chi connectivity index (χ1v) is 6.09. The summed E-state index contributed by atoms with van der Waals surface area (Å²) in [6.45, 7) is 1.22. The van der Waals surface area contributed by atoms with Crippen LogP contribution in [0.15, 0.2) is 18.2 Å². The van der Waals surface area contributed by atoms with Crippen molar-refractivity contribution in [1.29, 1.82) is 0 Å². The minimum atomic E-state index is -1.15. The Morgan fingerprint density at radius 3 is 2.74 bits per heavy atom. The molecular formula is C13H16N2O4. The van der Waals surface area contributed by atoms with Crippen LogP contribution in [-0.2, 0) is 17.9 Å². The first-order valence-electron chi connectivity index (χ1n) is 6.09. The summed E-state index contributed by atoms with van der Waals surface area (Å²) in [5, 5.41) is 23.3. The molecule has 1 amide bonds. The summed E-state index contributed by atoms with van der Waals surface area (Å²) in [5.41, 5.74) is 2.65. The largest absolute Gasteiger partial charge is 0.480 e. The molecule has 0 fully saturated rings. The summed E-state index contributed by atoms with van der Waals surface area (Å²) < 4.78 is 0. The van der Waals surface area contributed by atoms with Crippen LogP contribution in [0.25, 0.3) is 0 Å². The quantitative estimate of drug-likeness (QED) is 0.593. The van der Waals surface area contributed by atoms with E-state index < -0.39 is 17.9 Å². The van der Waals surface area contributed by atoms with E-state index in [2.05, 4.69) is 10.6 Å². The van der Waals surface area contributed by atoms with Gasteiger partial charge in [-0.2, -0.15) is 0 Å². The van der Waals surface area contributed by atoms with Crippen LogP contribution in [0.1, 0.15) is 27.9 Å². The monoisotopic (exact) mass is 264 g/mol. The van der Waals surface area contributed by atoms with E-state index in [1.54, 1.807) is 12.1 Å². The van der Waals surface area contributed by atoms with Crippen molar-refractivity contribution in [3.05, 3.63) is 34.9 Å². The lowest BCUT2D eigenvalue weighted by Crippen LogP contribution is -2.41. The van der Waals surface area contributed by atoms with E-state index in [1.165, 1.54) is 0 Å². The number of benzene rings is 1. The molecule has 1 aromatic rings. The molecule has 0 radical (unpaired) electrons. The molecule has 1 atom stereocenters. The molecule has 0 bridgehead atoms. The van der Waals surface area contributed by atoms with Crippen molar-refractivity contribution in [2.45, 2.75) is 25.6 Å². The van der Waals surface area contributed by atoms with Gasteiger partial charge >= 0.3 is 5.97 Å². The van der Waals surface area contributed by atoms with Crippen molar-refractivity contribution in [2.24, 2.45) is 0 Å². The Balaban J connectivity index is 2.09. The number of aliphatic hydroxyl groups is 1. The van der Waals surface area contributed by atoms with Crippen molar-refractivity contribution < 1.29 is 19.8 Å². The molecule has 4 N–H and O–H groups in total. The molecule has 6 nitrogen and oxygen atoms in total. The second-order valence-corrected chi connectivity index (χ2v) is 4.46. The highest BCUT2D eigenvalue weighted by molar-refractivity contribution is 5.96. The summed E-state index contributed by atoms with van der Waals surface area (Å²) in [6, 6.07) is 4.25. The second kappa shape index (κ2) is 5.81. The van der Waals surface area contributed by atoms with Crippen LogP contribution in [0.4, 0.5) is 0 Å². The average molecular weight is 264 g/mol. The maximum Gasteiger partial charge on any atom is 0.326 e. The van der Waals surface area contributed by atoms with Gasteiger partial charge < -0.3 is 20.8 Å². The van der Waals surface area contributed by atoms with Crippen LogP contribution >= 0.6 is 0 Å². The molecule has 0 spiro atoms. The van der Waals surface area contributed by atoms with Crippen molar-refractivity contribution >= 4 is 11.9 Å². The van der Waals surface area contributed by atoms with E-state index in [4.69, 9.17) is 10.2 Å². The van der Waals surface area contributed by atoms with Crippen molar-refractivity contribution in [3.8, 4) is 0 Å². The molecule has 1 unspecified atom stereocenters. The van der Waals surface area contributed by atoms with Crippen LogP contribution < -0.4 is 10.6 Å². The Labute approximate surface area is 110 Å². The number of fused-ring (bicyclic) bond motifs is 1. The van der Waals surface area contributed by atoms with Crippen LogP contribution in [0.2, 0.25) is 0 Å². The Bertz CT molecular complexity index is 501. The predicted molar refractivity (Wildman–Crippen MR) is 67.6 cm³/mol. The van der Waals surface area contributed by atoms with Crippen molar-refractivity contribution in [2.75, 3.05) is 6.61 Å². The van der Waals surface area contributed by atoms with E-state index in [1.807, 2.05) is 6.07 Å². The lowest BCUT2D eigenvalue weighted by Gasteiger charge is -2.13. The normalized spacial score (nSPS) is 14.8. The summed E-state index contributed by atoms with van der Waals surface area (Å²) in [7, 11) is 0. The molecule has 1 heterocycles. The van der Waals surface area contributed by atoms with Crippen molar-refractivity contribution in [1.82, 2.24) is 10.6 Å². The first-order chi connectivity index (χ1) is 9.11. The van der Waals surface area contributed by atoms with Gasteiger partial charge in [0.15, 0.2) is 0 Å². The first kappa shape index (κ1) is 13.5. The van der Waals surface area contributed by atoms with Gasteiger partial charge in [0.2, 0.25) is 0 Å². The molecule has 0 saturated carbocycles. The molecule has 19 heavy (non-hydrogen) atoms. The van der Waals surface area contributed by atoms with Crippen LogP contribution in [0, 0.1) is 0 Å². The summed E-state index contributed by atoms with van der Waals surface area (Å²) in [6.07, 6.45) is -0.00638. The highest BCUT2D eigenvalue weighted by atomic mass is 16.4. The Morgan fingerprint density at radius 2 is 2.05 bits per heavy atom. The van der Waals surface area contributed by atoms with E-state index in [0.29, 0.717) is 5.56 Å². The predicted octanol–water partition coefficient (Wildman–Crippen LogP) is -0.145. The van der Waals surface area contributed by atoms with Crippen molar-refractivity contribution in [3.63, 3.8) is 0 Å². The molecule has 0 aliphatic carbocycles. The number of carboxylic acids is 1. The molecule has 6 heteroatoms. The molecular weight excluding hydrogens is 248 g/mol. The summed E-state index contributed by atoms with van der Waals surface area (Å²) >= 11 is 0. The third kappa shape index (κ3) is 3.10. The van der Waals surface area contributed by atoms with Gasteiger partial charge in [0.05, 0.1) is 0 Å². The van der Waals surface area contributed by atoms with Crippen LogP contribution in [0.3, 0.4) is 0 Å². The minimum Gasteiger partial charge on any atom is -0.480 e. The fourth-order valence-electron chi connectivity index (χ4n) is 2.06. The Kier molecular flexibility index (Phi) is 4.13. The van der Waals surface area contributed by atoms with Gasteiger partial charge in [-0.15, -0.1) is 0 Å². The van der Waals surface area contributed by atoms with Gasteiger partial charge in [-0.25, -0.2) is 4.79 Å². The summed E-state index contributed by atoms with van der Waals surface area (Å²) in [4.78, 5) is 22.9. The van der Waals surface area contributed by atoms with Gasteiger partial charge in [0.1, 0.15) is 6.04 Å². The zero-order chi connectivity index (χ0) is 13.8. The Hall–Kier alpha value is -1.92. The minimum absolute atomic E-state index is 0.00638. The number of carbonyl (C=O) groups is 2. The fourth-order valence-corrected chi connectivity index (χ4v) is 2.06. The van der Waals surface area contributed by atoms with Crippen LogP contribution in [-0.4, -0.2) is 34.7 Å². The molecule has 2 rings (SSSR count). The third-order valence-corrected chi connectivity index (χ3v) is 3.12. The highest BCUT2D eigenvalue weighted by Gasteiger charge is 2.21. The van der Waals surface area contributed by atoms with Gasteiger partial charge in [-0.3, -0.25) is 4.79 Å². The summed E-state index contributed by atoms with van der Waals surface area (Å²) in [5.74, 6) is -1.58. The van der Waals surface area contributed by atoms with Gasteiger partial charge in [0.25, 0.3) is 5.91 Å². The number of amides is 1. The molecule has 0 saturated heterocycles. The smallest absolute Gasteiger partial charge is 0.326 e. The van der Waals surface area contributed by atoms with Crippen LogP contribution in [0.5, 0.6) is 0 Å². The third-order valence-electron chi connectivity index (χ3n) is 3.12. The van der Waals surface area contributed by atoms with E-state index in [0.717, 1.165) is 24.2 Å². The SMILES string of the molecule is O=C(NC(CCO)C(=O)O)c1ccc2c(c1)CNC2. The van der Waals surface area contributed by atoms with E-state index >= 15 is 0 Å². The number of carboxylic acid groups (broad SMARTS) is 1. The second-order valence-electron chi connectivity index (χ2n) is 4.46. The average Bonchev–Trinajstić information content (AvgIpc) is 2.85. The number of aliphatic carboxylic acids is 1. The van der Waals surface area contributed by atoms with Gasteiger partial charge in [-0.05, 0) is 23.3 Å². The number of aliphatic hydroxyl groups excluding tert-OH is 1. The zero-order valence-electron chi connectivity index (χ0n) is 10.3. The number of carbonyl (C=O) groups excluding carboxylic acids is 1. The maximum absolute atomic E-state index is 12.0. The molecule has 1 aromatic carbocycles. The number of hydrogen-bond donors (Lipinski definition) is 4. The maximum atomic E-state index is 12.0. The molecule has 1 aliphatic heterocycles. The van der Waals surface area contributed by atoms with E-state index in [-0.39, 0.29) is 13.0 Å². The standard InChI is InChI=1S/C13H16N2O4/c16-4-3-11(13(18)19)15-12(17)8-1-2-9-6-14-7-10(9)5-8/h1-2,5,11,14,16H,3-4,6-7H2,(H,15,17)(H,18,19). The van der Waals surface area contributed by atoms with Gasteiger partial charge in [-0.1, -0.05) is 6.07 Å². The Morgan fingerprint density at radius 1 is 1.32 bits per heavy atom. The topological polar surface area (TPSA) is 98.7 Å². The number of hydrogen-bond acceptors (Lipinski definition) is 4. The number of nitrogens with one attached hydrogen (secondary N) is 2. The lowest BCUT2D eigenvalue weighted by molar-refractivity contribution is -0.139. The highest BCUT2D eigenvalue weighted by Crippen LogP contribution is 2.17. The lowest BCUT2D eigenvalue weighted by atomic mass is 10.1. The molecule has 0 aromatic heterocycles. The number of rotatable bonds is 5.